The highest BCUT2D eigenvalue weighted by Crippen LogP contribution is 2.29. The zero-order chi connectivity index (χ0) is 11.9. The van der Waals surface area contributed by atoms with Crippen molar-refractivity contribution in [3.63, 3.8) is 0 Å². The minimum atomic E-state index is -0.783. The topological polar surface area (TPSA) is 42.2 Å². The van der Waals surface area contributed by atoms with Gasteiger partial charge in [0.1, 0.15) is 0 Å². The van der Waals surface area contributed by atoms with Crippen LogP contribution in [0.25, 0.3) is 10.9 Å². The molecule has 0 fully saturated rings. The van der Waals surface area contributed by atoms with Crippen LogP contribution in [0, 0.1) is 6.92 Å². The molecule has 1 unspecified atom stereocenters. The second-order valence-electron chi connectivity index (χ2n) is 4.15. The Morgan fingerprint density at radius 3 is 2.56 bits per heavy atom. The van der Waals surface area contributed by atoms with Crippen LogP contribution >= 0.6 is 0 Å². The Hall–Kier alpha value is -1.77. The average Bonchev–Trinajstić information content (AvgIpc) is 2.52. The fourth-order valence-corrected chi connectivity index (χ4v) is 2.33. The minimum Gasteiger partial charge on any atom is -0.481 e. The molecule has 16 heavy (non-hydrogen) atoms. The minimum absolute atomic E-state index is 0.475. The maximum absolute atomic E-state index is 11.1. The van der Waals surface area contributed by atoms with Crippen LogP contribution < -0.4 is 0 Å². The van der Waals surface area contributed by atoms with Gasteiger partial charge >= 0.3 is 5.97 Å². The summed E-state index contributed by atoms with van der Waals surface area (Å²) in [5.74, 6) is -1.26. The molecule has 0 radical (unpaired) electrons. The van der Waals surface area contributed by atoms with Gasteiger partial charge in [0.15, 0.2) is 0 Å². The highest BCUT2D eigenvalue weighted by atomic mass is 16.4. The van der Waals surface area contributed by atoms with Gasteiger partial charge < -0.3 is 9.67 Å². The number of carboxylic acids is 1. The number of carbonyl (C=O) groups is 1. The molecule has 0 saturated carbocycles. The molecule has 84 valence electrons. The SMILES string of the molecule is Cc1c(C(C)C(=O)O)n(C)c2ccccc12. The molecule has 3 nitrogen and oxygen atoms in total. The molecule has 2 aromatic rings. The van der Waals surface area contributed by atoms with Gasteiger partial charge in [-0.2, -0.15) is 0 Å². The van der Waals surface area contributed by atoms with Gasteiger partial charge in [-0.25, -0.2) is 0 Å². The lowest BCUT2D eigenvalue weighted by Crippen LogP contribution is -2.12. The molecule has 1 N–H and O–H groups in total. The summed E-state index contributed by atoms with van der Waals surface area (Å²) < 4.78 is 1.98. The lowest BCUT2D eigenvalue weighted by atomic mass is 10.0. The summed E-state index contributed by atoms with van der Waals surface area (Å²) in [6.45, 7) is 3.71. The molecule has 3 heteroatoms. The van der Waals surface area contributed by atoms with Crippen LogP contribution in [0.3, 0.4) is 0 Å². The largest absolute Gasteiger partial charge is 0.481 e. The normalized spacial score (nSPS) is 12.9. The van der Waals surface area contributed by atoms with E-state index in [9.17, 15) is 4.79 Å². The number of nitrogens with zero attached hydrogens (tertiary/aromatic N) is 1. The van der Waals surface area contributed by atoms with Crippen LogP contribution in [0.15, 0.2) is 24.3 Å². The first-order chi connectivity index (χ1) is 7.54. The Labute approximate surface area is 94.3 Å². The van der Waals surface area contributed by atoms with Crippen LogP contribution in [0.1, 0.15) is 24.1 Å². The number of carboxylic acid groups (broad SMARTS) is 1. The molecular formula is C13H15NO2. The fraction of sp³-hybridized carbons (Fsp3) is 0.308. The molecule has 0 aliphatic heterocycles. The van der Waals surface area contributed by atoms with Crippen molar-refractivity contribution in [1.29, 1.82) is 0 Å². The van der Waals surface area contributed by atoms with E-state index in [0.29, 0.717) is 0 Å². The summed E-state index contributed by atoms with van der Waals surface area (Å²) in [7, 11) is 1.92. The maximum Gasteiger partial charge on any atom is 0.312 e. The molecule has 2 rings (SSSR count). The van der Waals surface area contributed by atoms with Crippen molar-refractivity contribution in [2.24, 2.45) is 7.05 Å². The Balaban J connectivity index is 2.75. The van der Waals surface area contributed by atoms with Gasteiger partial charge in [-0.15, -0.1) is 0 Å². The quantitative estimate of drug-likeness (QED) is 0.840. The lowest BCUT2D eigenvalue weighted by molar-refractivity contribution is -0.138. The Morgan fingerprint density at radius 1 is 1.38 bits per heavy atom. The molecular weight excluding hydrogens is 202 g/mol. The number of fused-ring (bicyclic) bond motifs is 1. The van der Waals surface area contributed by atoms with E-state index in [-0.39, 0.29) is 0 Å². The van der Waals surface area contributed by atoms with Crippen LogP contribution in [-0.2, 0) is 11.8 Å². The molecule has 0 amide bonds. The molecule has 0 saturated heterocycles. The molecule has 1 aromatic carbocycles. The summed E-state index contributed by atoms with van der Waals surface area (Å²) in [5, 5.41) is 10.2. The summed E-state index contributed by atoms with van der Waals surface area (Å²) >= 11 is 0. The zero-order valence-corrected chi connectivity index (χ0v) is 9.69. The first kappa shape index (κ1) is 10.7. The van der Waals surface area contributed by atoms with E-state index in [0.717, 1.165) is 22.2 Å². The first-order valence-corrected chi connectivity index (χ1v) is 5.30. The highest BCUT2D eigenvalue weighted by Gasteiger charge is 2.21. The van der Waals surface area contributed by atoms with Crippen molar-refractivity contribution in [3.05, 3.63) is 35.5 Å². The van der Waals surface area contributed by atoms with Crippen molar-refractivity contribution in [2.45, 2.75) is 19.8 Å². The van der Waals surface area contributed by atoms with E-state index in [1.165, 1.54) is 0 Å². The number of benzene rings is 1. The number of aromatic nitrogens is 1. The Kier molecular flexibility index (Phi) is 2.46. The number of aliphatic carboxylic acids is 1. The smallest absolute Gasteiger partial charge is 0.312 e. The fourth-order valence-electron chi connectivity index (χ4n) is 2.33. The van der Waals surface area contributed by atoms with Gasteiger partial charge in [-0.1, -0.05) is 18.2 Å². The summed E-state index contributed by atoms with van der Waals surface area (Å²) in [6.07, 6.45) is 0. The second kappa shape index (κ2) is 3.67. The standard InChI is InChI=1S/C13H15NO2/c1-8-10-6-4-5-7-11(10)14(3)12(8)9(2)13(15)16/h4-7,9H,1-3H3,(H,15,16). The number of hydrogen-bond donors (Lipinski definition) is 1. The summed E-state index contributed by atoms with van der Waals surface area (Å²) in [4.78, 5) is 11.1. The third kappa shape index (κ3) is 1.40. The van der Waals surface area contributed by atoms with E-state index in [2.05, 4.69) is 0 Å². The van der Waals surface area contributed by atoms with Gasteiger partial charge in [0.2, 0.25) is 0 Å². The van der Waals surface area contributed by atoms with E-state index in [1.54, 1.807) is 6.92 Å². The van der Waals surface area contributed by atoms with Crippen molar-refractivity contribution < 1.29 is 9.90 Å². The van der Waals surface area contributed by atoms with E-state index >= 15 is 0 Å². The van der Waals surface area contributed by atoms with Gasteiger partial charge in [-0.05, 0) is 25.5 Å². The predicted molar refractivity (Wildman–Crippen MR) is 63.7 cm³/mol. The predicted octanol–water partition coefficient (Wildman–Crippen LogP) is 2.67. The molecule has 0 spiro atoms. The Morgan fingerprint density at radius 2 is 2.00 bits per heavy atom. The second-order valence-corrected chi connectivity index (χ2v) is 4.15. The molecule has 1 atom stereocenters. The van der Waals surface area contributed by atoms with Crippen molar-refractivity contribution >= 4 is 16.9 Å². The van der Waals surface area contributed by atoms with Crippen molar-refractivity contribution in [2.75, 3.05) is 0 Å². The number of para-hydroxylation sites is 1. The third-order valence-corrected chi connectivity index (χ3v) is 3.20. The van der Waals surface area contributed by atoms with E-state index in [1.807, 2.05) is 42.8 Å². The first-order valence-electron chi connectivity index (χ1n) is 5.30. The molecule has 1 heterocycles. The zero-order valence-electron chi connectivity index (χ0n) is 9.69. The van der Waals surface area contributed by atoms with Crippen LogP contribution in [0.2, 0.25) is 0 Å². The summed E-state index contributed by atoms with van der Waals surface area (Å²) in [6, 6.07) is 7.99. The van der Waals surface area contributed by atoms with Gasteiger partial charge in [0, 0.05) is 23.6 Å². The maximum atomic E-state index is 11.1. The van der Waals surface area contributed by atoms with Gasteiger partial charge in [-0.3, -0.25) is 4.79 Å². The number of aryl methyl sites for hydroxylation is 2. The molecule has 0 bridgehead atoms. The van der Waals surface area contributed by atoms with Crippen LogP contribution in [-0.4, -0.2) is 15.6 Å². The number of hydrogen-bond acceptors (Lipinski definition) is 1. The van der Waals surface area contributed by atoms with Gasteiger partial charge in [0.25, 0.3) is 0 Å². The van der Waals surface area contributed by atoms with Crippen LogP contribution in [0.4, 0.5) is 0 Å². The van der Waals surface area contributed by atoms with E-state index < -0.39 is 11.9 Å². The number of rotatable bonds is 2. The molecule has 1 aromatic heterocycles. The van der Waals surface area contributed by atoms with Crippen molar-refractivity contribution in [1.82, 2.24) is 4.57 Å². The highest BCUT2D eigenvalue weighted by molar-refractivity contribution is 5.88. The average molecular weight is 217 g/mol. The van der Waals surface area contributed by atoms with Gasteiger partial charge in [0.05, 0.1) is 5.92 Å². The van der Waals surface area contributed by atoms with Crippen LogP contribution in [0.5, 0.6) is 0 Å². The van der Waals surface area contributed by atoms with E-state index in [4.69, 9.17) is 5.11 Å². The monoisotopic (exact) mass is 217 g/mol. The third-order valence-electron chi connectivity index (χ3n) is 3.20. The molecule has 0 aliphatic rings. The Bertz CT molecular complexity index is 515. The summed E-state index contributed by atoms with van der Waals surface area (Å²) in [5.41, 5.74) is 3.03. The lowest BCUT2D eigenvalue weighted by Gasteiger charge is -2.09. The molecule has 0 aliphatic carbocycles. The van der Waals surface area contributed by atoms with Crippen molar-refractivity contribution in [3.8, 4) is 0 Å².